The summed E-state index contributed by atoms with van der Waals surface area (Å²) >= 11 is 0. The number of imide groups is 1. The highest BCUT2D eigenvalue weighted by molar-refractivity contribution is 6.26. The van der Waals surface area contributed by atoms with Crippen molar-refractivity contribution in [3.8, 4) is 6.07 Å². The Morgan fingerprint density at radius 3 is 2.30 bits per heavy atom. The second-order valence-corrected chi connectivity index (χ2v) is 8.71. The molecule has 2 bridgehead atoms. The summed E-state index contributed by atoms with van der Waals surface area (Å²) in [6.07, 6.45) is 3.38. The lowest BCUT2D eigenvalue weighted by Gasteiger charge is -2.31. The molecule has 3 saturated heterocycles. The highest BCUT2D eigenvalue weighted by Gasteiger charge is 2.74. The fraction of sp³-hybridized carbons (Fsp3) is 0.458. The van der Waals surface area contributed by atoms with Gasteiger partial charge in [-0.05, 0) is 31.4 Å². The summed E-state index contributed by atoms with van der Waals surface area (Å²) in [4.78, 5) is 28.7. The molecule has 2 aromatic carbocycles. The molecule has 0 saturated carbocycles. The van der Waals surface area contributed by atoms with E-state index < -0.39 is 23.0 Å². The molecule has 3 fully saturated rings. The minimum absolute atomic E-state index is 0.0767. The maximum Gasteiger partial charge on any atom is 0.240 e. The monoisotopic (exact) mass is 404 g/mol. The highest BCUT2D eigenvalue weighted by atomic mass is 16.5. The average molecular weight is 404 g/mol. The van der Waals surface area contributed by atoms with E-state index in [2.05, 4.69) is 13.0 Å². The van der Waals surface area contributed by atoms with Crippen molar-refractivity contribution in [1.82, 2.24) is 0 Å². The molecule has 0 aromatic heterocycles. The lowest BCUT2D eigenvalue weighted by Crippen LogP contribution is -2.43. The zero-order chi connectivity index (χ0) is 21.1. The molecule has 0 aliphatic carbocycles. The maximum absolute atomic E-state index is 13.7. The van der Waals surface area contributed by atoms with Crippen LogP contribution in [0.25, 0.3) is 10.8 Å². The minimum atomic E-state index is -0.765. The van der Waals surface area contributed by atoms with Crippen LogP contribution >= 0.6 is 0 Å². The molecule has 0 unspecified atom stereocenters. The van der Waals surface area contributed by atoms with Crippen LogP contribution in [0.2, 0.25) is 0 Å². The standard InChI is InChI=1S/C24H24N2O4/c1-2-9-23-10-11-24(30-23,12-13-27)20-19(23)21(28)26(22(20)29)18-8-7-15(14-25)16-5-3-4-6-17(16)18/h3-8,19-20,27H,2,9-13H2,1H3/t19-,20+,23-,24-/m1/s1. The molecule has 6 nitrogen and oxygen atoms in total. The molecule has 3 heterocycles. The third-order valence-corrected chi connectivity index (χ3v) is 7.29. The number of carbonyl (C=O) groups excluding carboxylic acids is 2. The Kier molecular flexibility index (Phi) is 4.25. The van der Waals surface area contributed by atoms with Gasteiger partial charge in [-0.15, -0.1) is 0 Å². The van der Waals surface area contributed by atoms with E-state index in [1.165, 1.54) is 4.90 Å². The van der Waals surface area contributed by atoms with Crippen LogP contribution in [0.3, 0.4) is 0 Å². The first-order chi connectivity index (χ1) is 14.5. The molecule has 2 amide bonds. The Morgan fingerprint density at radius 2 is 1.70 bits per heavy atom. The zero-order valence-electron chi connectivity index (χ0n) is 16.9. The predicted octanol–water partition coefficient (Wildman–Crippen LogP) is 3.30. The van der Waals surface area contributed by atoms with Gasteiger partial charge in [0.25, 0.3) is 0 Å². The molecule has 3 aliphatic rings. The molecule has 6 heteroatoms. The Morgan fingerprint density at radius 1 is 1.07 bits per heavy atom. The average Bonchev–Trinajstić information content (AvgIpc) is 3.34. The minimum Gasteiger partial charge on any atom is -0.396 e. The number of ether oxygens (including phenoxy) is 1. The van der Waals surface area contributed by atoms with Crippen molar-refractivity contribution in [2.75, 3.05) is 11.5 Å². The molecule has 0 radical (unpaired) electrons. The molecule has 4 atom stereocenters. The van der Waals surface area contributed by atoms with Crippen LogP contribution in [-0.4, -0.2) is 34.7 Å². The van der Waals surface area contributed by atoms with E-state index in [4.69, 9.17) is 4.74 Å². The fourth-order valence-electron chi connectivity index (χ4n) is 6.19. The van der Waals surface area contributed by atoms with Crippen LogP contribution in [0.1, 0.15) is 44.6 Å². The summed E-state index contributed by atoms with van der Waals surface area (Å²) in [7, 11) is 0. The molecule has 30 heavy (non-hydrogen) atoms. The second kappa shape index (κ2) is 6.63. The van der Waals surface area contributed by atoms with Crippen molar-refractivity contribution >= 4 is 28.3 Å². The summed E-state index contributed by atoms with van der Waals surface area (Å²) in [5.74, 6) is -1.54. The van der Waals surface area contributed by atoms with Crippen LogP contribution in [0.5, 0.6) is 0 Å². The van der Waals surface area contributed by atoms with E-state index in [1.807, 2.05) is 24.3 Å². The molecule has 3 aliphatic heterocycles. The summed E-state index contributed by atoms with van der Waals surface area (Å²) in [6, 6.07) is 12.9. The first kappa shape index (κ1) is 19.2. The third-order valence-electron chi connectivity index (χ3n) is 7.29. The van der Waals surface area contributed by atoms with Gasteiger partial charge in [0.15, 0.2) is 0 Å². The van der Waals surface area contributed by atoms with Crippen molar-refractivity contribution in [3.05, 3.63) is 42.0 Å². The van der Waals surface area contributed by atoms with Crippen molar-refractivity contribution in [2.45, 2.75) is 50.2 Å². The Hall–Kier alpha value is -2.75. The number of anilines is 1. The smallest absolute Gasteiger partial charge is 0.240 e. The van der Waals surface area contributed by atoms with Gasteiger partial charge in [-0.25, -0.2) is 4.90 Å². The maximum atomic E-state index is 13.7. The number of aliphatic hydroxyl groups is 1. The fourth-order valence-corrected chi connectivity index (χ4v) is 6.19. The molecule has 1 N–H and O–H groups in total. The SMILES string of the molecule is CCC[C@]12CC[C@](CCO)(O1)[C@@H]1C(=O)N(c3ccc(C#N)c4ccccc34)C(=O)[C@@H]12. The summed E-state index contributed by atoms with van der Waals surface area (Å²) in [5.41, 5.74) is -0.354. The van der Waals surface area contributed by atoms with E-state index in [-0.39, 0.29) is 18.4 Å². The van der Waals surface area contributed by atoms with Gasteiger partial charge in [0.05, 0.1) is 40.4 Å². The Balaban J connectivity index is 1.66. The topological polar surface area (TPSA) is 90.6 Å². The van der Waals surface area contributed by atoms with Gasteiger partial charge < -0.3 is 9.84 Å². The molecule has 2 aromatic rings. The summed E-state index contributed by atoms with van der Waals surface area (Å²) in [6.45, 7) is 1.98. The summed E-state index contributed by atoms with van der Waals surface area (Å²) in [5, 5.41) is 20.6. The number of aliphatic hydroxyl groups excluding tert-OH is 1. The van der Waals surface area contributed by atoms with Gasteiger partial charge in [-0.3, -0.25) is 9.59 Å². The van der Waals surface area contributed by atoms with Crippen molar-refractivity contribution in [2.24, 2.45) is 11.8 Å². The van der Waals surface area contributed by atoms with Gasteiger partial charge in [0.1, 0.15) is 0 Å². The number of hydrogen-bond acceptors (Lipinski definition) is 5. The Labute approximate surface area is 175 Å². The molecular formula is C24H24N2O4. The van der Waals surface area contributed by atoms with E-state index in [1.54, 1.807) is 12.1 Å². The highest BCUT2D eigenvalue weighted by Crippen LogP contribution is 2.64. The van der Waals surface area contributed by atoms with Gasteiger partial charge in [0, 0.05) is 23.8 Å². The number of fused-ring (bicyclic) bond motifs is 6. The predicted molar refractivity (Wildman–Crippen MR) is 111 cm³/mol. The van der Waals surface area contributed by atoms with Gasteiger partial charge in [-0.1, -0.05) is 37.6 Å². The van der Waals surface area contributed by atoms with Gasteiger partial charge >= 0.3 is 0 Å². The third kappa shape index (κ3) is 2.31. The zero-order valence-corrected chi connectivity index (χ0v) is 16.9. The van der Waals surface area contributed by atoms with Crippen LogP contribution in [-0.2, 0) is 14.3 Å². The van der Waals surface area contributed by atoms with Crippen LogP contribution in [0, 0.1) is 23.2 Å². The number of amides is 2. The largest absolute Gasteiger partial charge is 0.396 e. The Bertz CT molecular complexity index is 1070. The number of nitriles is 1. The van der Waals surface area contributed by atoms with E-state index >= 15 is 0 Å². The number of benzene rings is 2. The normalized spacial score (nSPS) is 32.1. The summed E-state index contributed by atoms with van der Waals surface area (Å²) < 4.78 is 6.47. The van der Waals surface area contributed by atoms with Crippen molar-refractivity contribution < 1.29 is 19.4 Å². The molecule has 0 spiro atoms. The van der Waals surface area contributed by atoms with Gasteiger partial charge in [0.2, 0.25) is 11.8 Å². The molecular weight excluding hydrogens is 380 g/mol. The lowest BCUT2D eigenvalue weighted by atomic mass is 9.65. The number of hydrogen-bond donors (Lipinski definition) is 1. The second-order valence-electron chi connectivity index (χ2n) is 8.71. The van der Waals surface area contributed by atoms with Crippen molar-refractivity contribution in [3.63, 3.8) is 0 Å². The molecule has 154 valence electrons. The van der Waals surface area contributed by atoms with E-state index in [9.17, 15) is 20.0 Å². The quantitative estimate of drug-likeness (QED) is 0.772. The molecule has 5 rings (SSSR count). The number of carbonyl (C=O) groups is 2. The van der Waals surface area contributed by atoms with Crippen LogP contribution in [0.15, 0.2) is 36.4 Å². The number of nitrogens with zero attached hydrogens (tertiary/aromatic N) is 2. The van der Waals surface area contributed by atoms with Crippen molar-refractivity contribution in [1.29, 1.82) is 5.26 Å². The van der Waals surface area contributed by atoms with Crippen LogP contribution in [0.4, 0.5) is 5.69 Å². The first-order valence-corrected chi connectivity index (χ1v) is 10.6. The van der Waals surface area contributed by atoms with E-state index in [0.29, 0.717) is 29.5 Å². The van der Waals surface area contributed by atoms with Crippen LogP contribution < -0.4 is 4.90 Å². The lowest BCUT2D eigenvalue weighted by molar-refractivity contribution is -0.132. The van der Waals surface area contributed by atoms with Gasteiger partial charge in [-0.2, -0.15) is 5.26 Å². The first-order valence-electron chi connectivity index (χ1n) is 10.6. The number of rotatable bonds is 5. The van der Waals surface area contributed by atoms with E-state index in [0.717, 1.165) is 24.6 Å².